The molecule has 0 aliphatic rings. The highest BCUT2D eigenvalue weighted by atomic mass is 35.5. The van der Waals surface area contributed by atoms with Crippen LogP contribution in [0, 0.1) is 5.92 Å². The average molecular weight is 295 g/mol. The minimum absolute atomic E-state index is 0.234. The predicted molar refractivity (Wildman–Crippen MR) is 69.1 cm³/mol. The molecule has 17 heavy (non-hydrogen) atoms. The molecule has 94 valence electrons. The molecule has 3 nitrogen and oxygen atoms in total. The van der Waals surface area contributed by atoms with Crippen LogP contribution in [0.4, 0.5) is 0 Å². The van der Waals surface area contributed by atoms with Gasteiger partial charge in [0.2, 0.25) is 0 Å². The quantitative estimate of drug-likeness (QED) is 0.928. The van der Waals surface area contributed by atoms with Gasteiger partial charge in [-0.3, -0.25) is 9.00 Å². The second-order valence-corrected chi connectivity index (χ2v) is 6.26. The largest absolute Gasteiger partial charge is 0.480 e. The van der Waals surface area contributed by atoms with E-state index in [9.17, 15) is 9.00 Å². The molecular formula is C11H12Cl2O3S. The Morgan fingerprint density at radius 1 is 1.29 bits per heavy atom. The van der Waals surface area contributed by atoms with Crippen molar-refractivity contribution >= 4 is 40.0 Å². The summed E-state index contributed by atoms with van der Waals surface area (Å²) in [5.74, 6) is -1.31. The van der Waals surface area contributed by atoms with Gasteiger partial charge in [0.15, 0.2) is 0 Å². The fourth-order valence-electron chi connectivity index (χ4n) is 1.37. The highest BCUT2D eigenvalue weighted by Crippen LogP contribution is 2.26. The standard InChI is InChI=1S/C11H12Cl2O3S/c1-6(2)10(11(14)15)17(16)7-3-4-8(12)9(13)5-7/h3-6,10H,1-2H3,(H,14,15). The molecule has 0 spiro atoms. The Morgan fingerprint density at radius 3 is 2.29 bits per heavy atom. The number of carbonyl (C=O) groups is 1. The van der Waals surface area contributed by atoms with Crippen molar-refractivity contribution in [2.45, 2.75) is 24.0 Å². The molecule has 1 rings (SSSR count). The van der Waals surface area contributed by atoms with E-state index in [4.69, 9.17) is 28.3 Å². The van der Waals surface area contributed by atoms with Crippen LogP contribution in [-0.2, 0) is 15.6 Å². The lowest BCUT2D eigenvalue weighted by molar-refractivity contribution is -0.137. The van der Waals surface area contributed by atoms with Crippen molar-refractivity contribution in [1.29, 1.82) is 0 Å². The van der Waals surface area contributed by atoms with Crippen LogP contribution in [0.25, 0.3) is 0 Å². The topological polar surface area (TPSA) is 54.4 Å². The van der Waals surface area contributed by atoms with Gasteiger partial charge in [-0.15, -0.1) is 0 Å². The van der Waals surface area contributed by atoms with Crippen LogP contribution in [0.2, 0.25) is 10.0 Å². The lowest BCUT2D eigenvalue weighted by Crippen LogP contribution is -2.31. The zero-order valence-electron chi connectivity index (χ0n) is 9.31. The molecule has 2 atom stereocenters. The summed E-state index contributed by atoms with van der Waals surface area (Å²) in [7, 11) is -1.64. The fourth-order valence-corrected chi connectivity index (χ4v) is 3.14. The molecule has 0 aliphatic heterocycles. The molecule has 2 unspecified atom stereocenters. The van der Waals surface area contributed by atoms with Crippen LogP contribution >= 0.6 is 23.2 Å². The van der Waals surface area contributed by atoms with E-state index in [-0.39, 0.29) is 10.9 Å². The molecule has 1 N–H and O–H groups in total. The Labute approximate surface area is 112 Å². The summed E-state index contributed by atoms with van der Waals surface area (Å²) in [6.45, 7) is 3.43. The number of carboxylic acids is 1. The van der Waals surface area contributed by atoms with E-state index in [0.717, 1.165) is 0 Å². The van der Waals surface area contributed by atoms with E-state index < -0.39 is 22.0 Å². The van der Waals surface area contributed by atoms with Gasteiger partial charge in [0, 0.05) is 4.90 Å². The third-order valence-corrected chi connectivity index (χ3v) is 4.87. The Kier molecular flexibility index (Phi) is 4.98. The number of hydrogen-bond donors (Lipinski definition) is 1. The molecule has 0 aromatic heterocycles. The van der Waals surface area contributed by atoms with Crippen LogP contribution < -0.4 is 0 Å². The highest BCUT2D eigenvalue weighted by Gasteiger charge is 2.29. The first-order valence-electron chi connectivity index (χ1n) is 4.93. The lowest BCUT2D eigenvalue weighted by atomic mass is 10.1. The first kappa shape index (κ1) is 14.5. The van der Waals surface area contributed by atoms with Gasteiger partial charge in [-0.25, -0.2) is 0 Å². The molecule has 0 fully saturated rings. The molecule has 0 radical (unpaired) electrons. The van der Waals surface area contributed by atoms with Crippen molar-refractivity contribution in [3.05, 3.63) is 28.2 Å². The zero-order chi connectivity index (χ0) is 13.2. The summed E-state index contributed by atoms with van der Waals surface area (Å²) in [5, 5.41) is 8.72. The van der Waals surface area contributed by atoms with Gasteiger partial charge < -0.3 is 5.11 Å². The van der Waals surface area contributed by atoms with E-state index in [1.807, 2.05) is 0 Å². The second kappa shape index (κ2) is 5.85. The lowest BCUT2D eigenvalue weighted by Gasteiger charge is -2.15. The minimum Gasteiger partial charge on any atom is -0.480 e. The molecule has 0 bridgehead atoms. The van der Waals surface area contributed by atoms with Crippen molar-refractivity contribution in [1.82, 2.24) is 0 Å². The second-order valence-electron chi connectivity index (χ2n) is 3.88. The predicted octanol–water partition coefficient (Wildman–Crippen LogP) is 3.21. The number of halogens is 2. The summed E-state index contributed by atoms with van der Waals surface area (Å²) in [4.78, 5) is 11.4. The van der Waals surface area contributed by atoms with Crippen molar-refractivity contribution < 1.29 is 14.1 Å². The van der Waals surface area contributed by atoms with Gasteiger partial charge in [-0.05, 0) is 24.1 Å². The number of benzene rings is 1. The van der Waals surface area contributed by atoms with Gasteiger partial charge in [0.25, 0.3) is 0 Å². The van der Waals surface area contributed by atoms with Crippen LogP contribution in [0.15, 0.2) is 23.1 Å². The fraction of sp³-hybridized carbons (Fsp3) is 0.364. The Bertz CT molecular complexity index is 460. The summed E-state index contributed by atoms with van der Waals surface area (Å²) in [6.07, 6.45) is 0. The van der Waals surface area contributed by atoms with Crippen molar-refractivity contribution in [2.75, 3.05) is 0 Å². The van der Waals surface area contributed by atoms with Gasteiger partial charge in [-0.2, -0.15) is 0 Å². The minimum atomic E-state index is -1.64. The van der Waals surface area contributed by atoms with E-state index in [1.54, 1.807) is 13.8 Å². The molecule has 0 saturated heterocycles. The maximum atomic E-state index is 12.1. The molecule has 0 aliphatic carbocycles. The highest BCUT2D eigenvalue weighted by molar-refractivity contribution is 7.86. The van der Waals surface area contributed by atoms with Gasteiger partial charge in [0.1, 0.15) is 5.25 Å². The zero-order valence-corrected chi connectivity index (χ0v) is 11.6. The van der Waals surface area contributed by atoms with Crippen LogP contribution in [0.5, 0.6) is 0 Å². The third-order valence-electron chi connectivity index (χ3n) is 2.20. The Hall–Kier alpha value is -0.580. The Morgan fingerprint density at radius 2 is 1.88 bits per heavy atom. The van der Waals surface area contributed by atoms with Gasteiger partial charge >= 0.3 is 5.97 Å². The van der Waals surface area contributed by atoms with Crippen LogP contribution in [0.3, 0.4) is 0 Å². The Balaban J connectivity index is 3.10. The number of aliphatic carboxylic acids is 1. The maximum absolute atomic E-state index is 12.1. The van der Waals surface area contributed by atoms with Crippen LogP contribution in [0.1, 0.15) is 13.8 Å². The molecule has 1 aromatic rings. The molecule has 1 aromatic carbocycles. The SMILES string of the molecule is CC(C)C(C(=O)O)S(=O)c1ccc(Cl)c(Cl)c1. The van der Waals surface area contributed by atoms with Gasteiger partial charge in [-0.1, -0.05) is 37.0 Å². The average Bonchev–Trinajstić information content (AvgIpc) is 2.20. The molecule has 0 saturated carbocycles. The number of rotatable bonds is 4. The van der Waals surface area contributed by atoms with E-state index in [0.29, 0.717) is 9.92 Å². The number of carboxylic acid groups (broad SMARTS) is 1. The van der Waals surface area contributed by atoms with Crippen molar-refractivity contribution in [3.63, 3.8) is 0 Å². The summed E-state index contributed by atoms with van der Waals surface area (Å²) in [5.41, 5.74) is 0. The van der Waals surface area contributed by atoms with E-state index in [2.05, 4.69) is 0 Å². The van der Waals surface area contributed by atoms with Crippen LogP contribution in [-0.4, -0.2) is 20.5 Å². The molecule has 0 amide bonds. The maximum Gasteiger partial charge on any atom is 0.319 e. The third kappa shape index (κ3) is 3.44. The normalized spacial score (nSPS) is 14.6. The molecule has 0 heterocycles. The first-order chi connectivity index (χ1) is 7.84. The smallest absolute Gasteiger partial charge is 0.319 e. The van der Waals surface area contributed by atoms with E-state index >= 15 is 0 Å². The summed E-state index contributed by atoms with van der Waals surface area (Å²) < 4.78 is 12.1. The monoisotopic (exact) mass is 294 g/mol. The van der Waals surface area contributed by atoms with E-state index in [1.165, 1.54) is 18.2 Å². The summed E-state index contributed by atoms with van der Waals surface area (Å²) in [6, 6.07) is 4.48. The van der Waals surface area contributed by atoms with Crippen molar-refractivity contribution in [3.8, 4) is 0 Å². The number of hydrogen-bond acceptors (Lipinski definition) is 2. The molecular weight excluding hydrogens is 283 g/mol. The van der Waals surface area contributed by atoms with Crippen molar-refractivity contribution in [2.24, 2.45) is 5.92 Å². The van der Waals surface area contributed by atoms with Gasteiger partial charge in [0.05, 0.1) is 20.8 Å². The first-order valence-corrected chi connectivity index (χ1v) is 6.90. The molecule has 6 heteroatoms. The summed E-state index contributed by atoms with van der Waals surface area (Å²) >= 11 is 11.6.